The minimum Gasteiger partial charge on any atom is -0.454 e. The standard InChI is InChI=1S/C22H19N3O4S/c26-21(25-16-5-6-18-19(11-16)29-14-28-18)13-30-20-4-2-1-3-17(20)22(27)24-12-15-7-9-23-10-8-15/h1-11H,12-14H2,(H,24,27)(H,25,26). The Bertz CT molecular complexity index is 1060. The highest BCUT2D eigenvalue weighted by Gasteiger charge is 2.15. The Kier molecular flexibility index (Phi) is 6.14. The van der Waals surface area contributed by atoms with Gasteiger partial charge in [-0.2, -0.15) is 0 Å². The van der Waals surface area contributed by atoms with Crippen molar-refractivity contribution in [1.82, 2.24) is 10.3 Å². The van der Waals surface area contributed by atoms with Gasteiger partial charge in [0.1, 0.15) is 0 Å². The second kappa shape index (κ2) is 9.32. The Morgan fingerprint density at radius 3 is 2.67 bits per heavy atom. The predicted molar refractivity (Wildman–Crippen MR) is 114 cm³/mol. The van der Waals surface area contributed by atoms with Crippen LogP contribution in [0.2, 0.25) is 0 Å². The van der Waals surface area contributed by atoms with Crippen LogP contribution in [0, 0.1) is 0 Å². The van der Waals surface area contributed by atoms with Gasteiger partial charge in [-0.05, 0) is 42.0 Å². The summed E-state index contributed by atoms with van der Waals surface area (Å²) in [6, 6.07) is 16.2. The number of hydrogen-bond donors (Lipinski definition) is 2. The lowest BCUT2D eigenvalue weighted by Gasteiger charge is -2.10. The first-order chi connectivity index (χ1) is 14.7. The molecule has 0 radical (unpaired) electrons. The first-order valence-electron chi connectivity index (χ1n) is 9.27. The number of fused-ring (bicyclic) bond motifs is 1. The summed E-state index contributed by atoms with van der Waals surface area (Å²) in [7, 11) is 0. The third-order valence-electron chi connectivity index (χ3n) is 4.35. The molecule has 0 atom stereocenters. The Morgan fingerprint density at radius 1 is 1.00 bits per heavy atom. The van der Waals surface area contributed by atoms with Crippen LogP contribution in [0.5, 0.6) is 11.5 Å². The molecule has 1 aliphatic heterocycles. The van der Waals surface area contributed by atoms with Crippen molar-refractivity contribution in [3.63, 3.8) is 0 Å². The lowest BCUT2D eigenvalue weighted by Crippen LogP contribution is -2.23. The minimum atomic E-state index is -0.189. The molecule has 0 saturated carbocycles. The molecule has 2 heterocycles. The first-order valence-corrected chi connectivity index (χ1v) is 10.3. The van der Waals surface area contributed by atoms with E-state index >= 15 is 0 Å². The zero-order valence-corrected chi connectivity index (χ0v) is 16.8. The maximum absolute atomic E-state index is 12.6. The van der Waals surface area contributed by atoms with Crippen molar-refractivity contribution in [1.29, 1.82) is 0 Å². The van der Waals surface area contributed by atoms with E-state index in [9.17, 15) is 9.59 Å². The molecular weight excluding hydrogens is 402 g/mol. The van der Waals surface area contributed by atoms with Crippen LogP contribution in [0.25, 0.3) is 0 Å². The van der Waals surface area contributed by atoms with Gasteiger partial charge in [0.05, 0.1) is 11.3 Å². The van der Waals surface area contributed by atoms with Crippen molar-refractivity contribution in [2.45, 2.75) is 11.4 Å². The molecule has 3 aromatic rings. The van der Waals surface area contributed by atoms with E-state index in [2.05, 4.69) is 15.6 Å². The highest BCUT2D eigenvalue weighted by atomic mass is 32.2. The summed E-state index contributed by atoms with van der Waals surface area (Å²) in [6.07, 6.45) is 3.37. The van der Waals surface area contributed by atoms with Crippen molar-refractivity contribution >= 4 is 29.3 Å². The van der Waals surface area contributed by atoms with E-state index in [1.807, 2.05) is 24.3 Å². The van der Waals surface area contributed by atoms with Crippen LogP contribution >= 0.6 is 11.8 Å². The Labute approximate surface area is 177 Å². The number of carbonyl (C=O) groups is 2. The highest BCUT2D eigenvalue weighted by Crippen LogP contribution is 2.34. The van der Waals surface area contributed by atoms with E-state index in [0.717, 1.165) is 10.5 Å². The summed E-state index contributed by atoms with van der Waals surface area (Å²) >= 11 is 1.31. The first kappa shape index (κ1) is 19.8. The molecule has 8 heteroatoms. The molecule has 2 aromatic carbocycles. The van der Waals surface area contributed by atoms with Gasteiger partial charge in [-0.3, -0.25) is 14.6 Å². The van der Waals surface area contributed by atoms with Crippen LogP contribution in [-0.2, 0) is 11.3 Å². The second-order valence-corrected chi connectivity index (χ2v) is 7.46. The molecule has 2 amide bonds. The number of hydrogen-bond acceptors (Lipinski definition) is 6. The topological polar surface area (TPSA) is 89.6 Å². The molecule has 1 aromatic heterocycles. The number of aromatic nitrogens is 1. The van der Waals surface area contributed by atoms with Crippen molar-refractivity contribution in [2.24, 2.45) is 0 Å². The van der Waals surface area contributed by atoms with Crippen molar-refractivity contribution in [3.8, 4) is 11.5 Å². The molecule has 0 fully saturated rings. The summed E-state index contributed by atoms with van der Waals surface area (Å²) in [4.78, 5) is 29.7. The number of pyridine rings is 1. The van der Waals surface area contributed by atoms with E-state index in [1.165, 1.54) is 11.8 Å². The fourth-order valence-electron chi connectivity index (χ4n) is 2.87. The maximum Gasteiger partial charge on any atom is 0.252 e. The smallest absolute Gasteiger partial charge is 0.252 e. The summed E-state index contributed by atoms with van der Waals surface area (Å²) in [5.74, 6) is 1.08. The van der Waals surface area contributed by atoms with E-state index in [1.54, 1.807) is 42.7 Å². The van der Waals surface area contributed by atoms with Gasteiger partial charge in [0, 0.05) is 35.6 Å². The normalized spacial score (nSPS) is 11.7. The quantitative estimate of drug-likeness (QED) is 0.568. The molecule has 0 spiro atoms. The van der Waals surface area contributed by atoms with E-state index in [-0.39, 0.29) is 24.4 Å². The number of amides is 2. The number of carbonyl (C=O) groups excluding carboxylic acids is 2. The van der Waals surface area contributed by atoms with Crippen molar-refractivity contribution < 1.29 is 19.1 Å². The monoisotopic (exact) mass is 421 g/mol. The molecule has 30 heavy (non-hydrogen) atoms. The fraction of sp³-hybridized carbons (Fsp3) is 0.136. The predicted octanol–water partition coefficient (Wildman–Crippen LogP) is 3.47. The summed E-state index contributed by atoms with van der Waals surface area (Å²) in [5, 5.41) is 5.74. The van der Waals surface area contributed by atoms with Crippen LogP contribution in [0.1, 0.15) is 15.9 Å². The van der Waals surface area contributed by atoms with Crippen LogP contribution in [-0.4, -0.2) is 29.3 Å². The van der Waals surface area contributed by atoms with E-state index in [0.29, 0.717) is 29.3 Å². The second-order valence-electron chi connectivity index (χ2n) is 6.44. The molecule has 152 valence electrons. The van der Waals surface area contributed by atoms with Crippen molar-refractivity contribution in [3.05, 3.63) is 78.1 Å². The van der Waals surface area contributed by atoms with Gasteiger partial charge < -0.3 is 20.1 Å². The van der Waals surface area contributed by atoms with Gasteiger partial charge >= 0.3 is 0 Å². The number of rotatable bonds is 7. The average molecular weight is 421 g/mol. The van der Waals surface area contributed by atoms with Gasteiger partial charge in [0.15, 0.2) is 11.5 Å². The average Bonchev–Trinajstić information content (AvgIpc) is 3.25. The lowest BCUT2D eigenvalue weighted by atomic mass is 10.2. The number of nitrogens with zero attached hydrogens (tertiary/aromatic N) is 1. The third kappa shape index (κ3) is 4.90. The van der Waals surface area contributed by atoms with Crippen LogP contribution in [0.3, 0.4) is 0 Å². The third-order valence-corrected chi connectivity index (χ3v) is 5.42. The van der Waals surface area contributed by atoms with E-state index in [4.69, 9.17) is 9.47 Å². The molecular formula is C22H19N3O4S. The summed E-state index contributed by atoms with van der Waals surface area (Å²) < 4.78 is 10.6. The Morgan fingerprint density at radius 2 is 1.80 bits per heavy atom. The maximum atomic E-state index is 12.6. The summed E-state index contributed by atoms with van der Waals surface area (Å²) in [6.45, 7) is 0.591. The number of ether oxygens (including phenoxy) is 2. The number of benzene rings is 2. The molecule has 0 saturated heterocycles. The van der Waals surface area contributed by atoms with Crippen LogP contribution in [0.15, 0.2) is 71.9 Å². The zero-order valence-electron chi connectivity index (χ0n) is 16.0. The number of nitrogens with one attached hydrogen (secondary N) is 2. The molecule has 2 N–H and O–H groups in total. The lowest BCUT2D eigenvalue weighted by molar-refractivity contribution is -0.113. The molecule has 4 rings (SSSR count). The number of anilines is 1. The zero-order chi connectivity index (χ0) is 20.8. The molecule has 1 aliphatic rings. The fourth-order valence-corrected chi connectivity index (χ4v) is 3.72. The number of thioether (sulfide) groups is 1. The minimum absolute atomic E-state index is 0.170. The van der Waals surface area contributed by atoms with Crippen LogP contribution in [0.4, 0.5) is 5.69 Å². The largest absolute Gasteiger partial charge is 0.454 e. The molecule has 0 aliphatic carbocycles. The van der Waals surface area contributed by atoms with Gasteiger partial charge in [0.25, 0.3) is 5.91 Å². The van der Waals surface area contributed by atoms with Gasteiger partial charge in [0.2, 0.25) is 12.7 Å². The van der Waals surface area contributed by atoms with Gasteiger partial charge in [-0.1, -0.05) is 12.1 Å². The Balaban J connectivity index is 1.34. The SMILES string of the molecule is O=C(CSc1ccccc1C(=O)NCc1ccncc1)Nc1ccc2c(c1)OCO2. The summed E-state index contributed by atoms with van der Waals surface area (Å²) in [5.41, 5.74) is 2.13. The van der Waals surface area contributed by atoms with Crippen molar-refractivity contribution in [2.75, 3.05) is 17.9 Å². The molecule has 0 unspecified atom stereocenters. The highest BCUT2D eigenvalue weighted by molar-refractivity contribution is 8.00. The van der Waals surface area contributed by atoms with Crippen LogP contribution < -0.4 is 20.1 Å². The van der Waals surface area contributed by atoms with Gasteiger partial charge in [-0.15, -0.1) is 11.8 Å². The molecule has 0 bridgehead atoms. The Hall–Kier alpha value is -3.52. The molecule has 7 nitrogen and oxygen atoms in total. The van der Waals surface area contributed by atoms with E-state index < -0.39 is 0 Å². The van der Waals surface area contributed by atoms with Gasteiger partial charge in [-0.25, -0.2) is 0 Å².